The molecule has 0 saturated heterocycles. The van der Waals surface area contributed by atoms with E-state index in [1.807, 2.05) is 12.1 Å². The number of rotatable bonds is 5. The first-order chi connectivity index (χ1) is 10.2. The normalized spacial score (nSPS) is 10.0. The van der Waals surface area contributed by atoms with Crippen LogP contribution in [-0.2, 0) is 6.54 Å². The van der Waals surface area contributed by atoms with Gasteiger partial charge in [-0.05, 0) is 24.3 Å². The molecule has 0 fully saturated rings. The van der Waals surface area contributed by atoms with E-state index in [9.17, 15) is 4.79 Å². The molecule has 0 saturated carbocycles. The van der Waals surface area contributed by atoms with Crippen molar-refractivity contribution in [1.29, 1.82) is 0 Å². The third kappa shape index (κ3) is 3.61. The van der Waals surface area contributed by atoms with Crippen molar-refractivity contribution in [3.8, 4) is 11.5 Å². The van der Waals surface area contributed by atoms with Gasteiger partial charge in [-0.2, -0.15) is 0 Å². The number of methoxy groups -OCH3 is 2. The molecule has 0 spiro atoms. The first-order valence-electron chi connectivity index (χ1n) is 6.32. The molecule has 1 heterocycles. The molecule has 2 aromatic rings. The van der Waals surface area contributed by atoms with Gasteiger partial charge in [0.2, 0.25) is 0 Å². The van der Waals surface area contributed by atoms with Gasteiger partial charge in [-0.1, -0.05) is 12.2 Å². The molecule has 0 aliphatic heterocycles. The Bertz CT molecular complexity index is 697. The number of hydrogen-bond donors (Lipinski definition) is 2. The van der Waals surface area contributed by atoms with E-state index in [0.717, 1.165) is 5.56 Å². The van der Waals surface area contributed by atoms with Gasteiger partial charge in [0.05, 0.1) is 19.8 Å². The second-order valence-corrected chi connectivity index (χ2v) is 4.68. The maximum atomic E-state index is 12.1. The predicted octanol–water partition coefficient (Wildman–Crippen LogP) is 2.69. The topological polar surface area (TPSA) is 63.3 Å². The second-order valence-electron chi connectivity index (χ2n) is 4.27. The highest BCUT2D eigenvalue weighted by molar-refractivity contribution is 7.71. The fraction of sp³-hybridized carbons (Fsp3) is 0.200. The number of hydrogen-bond acceptors (Lipinski definition) is 4. The molecule has 0 unspecified atom stereocenters. The number of ether oxygens (including phenoxy) is 2. The first kappa shape index (κ1) is 15.1. The molecule has 2 rings (SSSR count). The van der Waals surface area contributed by atoms with Crippen molar-refractivity contribution in [3.63, 3.8) is 0 Å². The van der Waals surface area contributed by atoms with Crippen molar-refractivity contribution in [2.45, 2.75) is 6.54 Å². The Balaban J connectivity index is 2.11. The molecule has 5 nitrogen and oxygen atoms in total. The number of nitrogens with one attached hydrogen (secondary N) is 2. The van der Waals surface area contributed by atoms with Gasteiger partial charge in [0.25, 0.3) is 5.91 Å². The van der Waals surface area contributed by atoms with Gasteiger partial charge in [0, 0.05) is 24.4 Å². The smallest absolute Gasteiger partial charge is 0.254 e. The van der Waals surface area contributed by atoms with Crippen LogP contribution in [-0.4, -0.2) is 25.1 Å². The van der Waals surface area contributed by atoms with Crippen molar-refractivity contribution < 1.29 is 14.3 Å². The first-order valence-corrected chi connectivity index (χ1v) is 6.73. The molecule has 0 atom stereocenters. The van der Waals surface area contributed by atoms with Crippen LogP contribution in [0.2, 0.25) is 0 Å². The maximum absolute atomic E-state index is 12.1. The zero-order valence-electron chi connectivity index (χ0n) is 11.8. The Morgan fingerprint density at radius 1 is 1.29 bits per heavy atom. The number of carbonyl (C=O) groups excluding carboxylic acids is 1. The number of carbonyl (C=O) groups is 1. The van der Waals surface area contributed by atoms with Crippen LogP contribution in [0.5, 0.6) is 11.5 Å². The van der Waals surface area contributed by atoms with Gasteiger partial charge in [-0.3, -0.25) is 4.79 Å². The molecule has 21 heavy (non-hydrogen) atoms. The summed E-state index contributed by atoms with van der Waals surface area (Å²) in [6, 6.07) is 8.86. The summed E-state index contributed by atoms with van der Waals surface area (Å²) in [6.07, 6.45) is 1.69. The minimum Gasteiger partial charge on any atom is -0.497 e. The number of aromatic amines is 1. The summed E-state index contributed by atoms with van der Waals surface area (Å²) in [5, 5.41) is 2.82. The summed E-state index contributed by atoms with van der Waals surface area (Å²) >= 11 is 5.08. The largest absolute Gasteiger partial charge is 0.497 e. The summed E-state index contributed by atoms with van der Waals surface area (Å²) in [5.41, 5.74) is 1.30. The lowest BCUT2D eigenvalue weighted by Gasteiger charge is -2.11. The minimum atomic E-state index is -0.227. The lowest BCUT2D eigenvalue weighted by Crippen LogP contribution is -2.23. The van der Waals surface area contributed by atoms with Crippen LogP contribution in [0.1, 0.15) is 15.9 Å². The van der Waals surface area contributed by atoms with Crippen molar-refractivity contribution >= 4 is 18.1 Å². The third-order valence-corrected chi connectivity index (χ3v) is 3.33. The molecule has 2 N–H and O–H groups in total. The Morgan fingerprint density at radius 3 is 2.76 bits per heavy atom. The predicted molar refractivity (Wildman–Crippen MR) is 82.3 cm³/mol. The fourth-order valence-electron chi connectivity index (χ4n) is 1.87. The quantitative estimate of drug-likeness (QED) is 0.834. The van der Waals surface area contributed by atoms with Gasteiger partial charge in [0.15, 0.2) is 0 Å². The molecule has 1 aromatic carbocycles. The van der Waals surface area contributed by atoms with Crippen LogP contribution in [0.25, 0.3) is 0 Å². The Hall–Kier alpha value is -2.34. The maximum Gasteiger partial charge on any atom is 0.254 e. The molecule has 0 radical (unpaired) electrons. The molecule has 0 bridgehead atoms. The number of benzene rings is 1. The van der Waals surface area contributed by atoms with E-state index in [2.05, 4.69) is 10.3 Å². The Labute approximate surface area is 127 Å². The van der Waals surface area contributed by atoms with Crippen LogP contribution in [0, 0.1) is 4.64 Å². The number of H-pyrrole nitrogens is 1. The second kappa shape index (κ2) is 6.90. The van der Waals surface area contributed by atoms with Crippen molar-refractivity contribution in [1.82, 2.24) is 10.3 Å². The van der Waals surface area contributed by atoms with Crippen LogP contribution in [0.15, 0.2) is 36.5 Å². The fourth-order valence-corrected chi connectivity index (χ4v) is 2.10. The lowest BCUT2D eigenvalue weighted by molar-refractivity contribution is 0.0950. The van der Waals surface area contributed by atoms with E-state index >= 15 is 0 Å². The van der Waals surface area contributed by atoms with Gasteiger partial charge >= 0.3 is 0 Å². The summed E-state index contributed by atoms with van der Waals surface area (Å²) in [5.74, 6) is 1.13. The van der Waals surface area contributed by atoms with E-state index in [4.69, 9.17) is 21.7 Å². The molecule has 6 heteroatoms. The third-order valence-electron chi connectivity index (χ3n) is 3.00. The average molecular weight is 304 g/mol. The molecule has 110 valence electrons. The lowest BCUT2D eigenvalue weighted by atomic mass is 10.2. The zero-order chi connectivity index (χ0) is 15.2. The molecule has 1 aromatic heterocycles. The van der Waals surface area contributed by atoms with Gasteiger partial charge in [-0.15, -0.1) is 0 Å². The van der Waals surface area contributed by atoms with Crippen LogP contribution in [0.4, 0.5) is 0 Å². The number of aromatic nitrogens is 1. The van der Waals surface area contributed by atoms with E-state index in [-0.39, 0.29) is 5.91 Å². The molecule has 1 amide bonds. The van der Waals surface area contributed by atoms with E-state index in [0.29, 0.717) is 28.2 Å². The van der Waals surface area contributed by atoms with E-state index in [1.54, 1.807) is 38.6 Å². The highest BCUT2D eigenvalue weighted by Crippen LogP contribution is 2.24. The summed E-state index contributed by atoms with van der Waals surface area (Å²) < 4.78 is 10.8. The van der Waals surface area contributed by atoms with Crippen LogP contribution < -0.4 is 14.8 Å². The molecular weight excluding hydrogens is 288 g/mol. The average Bonchev–Trinajstić information content (AvgIpc) is 2.52. The van der Waals surface area contributed by atoms with E-state index < -0.39 is 0 Å². The highest BCUT2D eigenvalue weighted by atomic mass is 32.1. The summed E-state index contributed by atoms with van der Waals surface area (Å²) in [7, 11) is 3.17. The molecule has 0 aliphatic carbocycles. The highest BCUT2D eigenvalue weighted by Gasteiger charge is 2.10. The standard InChI is InChI=1S/C15H16N2O3S/c1-19-11-6-5-10(13(8-11)20-2)9-17-14(18)12-4-3-7-16-15(12)21/h3-8H,9H2,1-2H3,(H,16,21)(H,17,18). The SMILES string of the molecule is COc1ccc(CNC(=O)c2ccc[nH]c2=S)c(OC)c1. The summed E-state index contributed by atoms with van der Waals surface area (Å²) in [6.45, 7) is 0.343. The minimum absolute atomic E-state index is 0.227. The number of pyridine rings is 1. The molecular formula is C15H16N2O3S. The molecule has 0 aliphatic rings. The monoisotopic (exact) mass is 304 g/mol. The Morgan fingerprint density at radius 2 is 2.10 bits per heavy atom. The summed E-state index contributed by atoms with van der Waals surface area (Å²) in [4.78, 5) is 14.9. The van der Waals surface area contributed by atoms with Crippen LogP contribution >= 0.6 is 12.2 Å². The van der Waals surface area contributed by atoms with Gasteiger partial charge in [-0.25, -0.2) is 0 Å². The van der Waals surface area contributed by atoms with Gasteiger partial charge in [0.1, 0.15) is 16.1 Å². The van der Waals surface area contributed by atoms with E-state index in [1.165, 1.54) is 0 Å². The number of amides is 1. The van der Waals surface area contributed by atoms with Gasteiger partial charge < -0.3 is 19.8 Å². The zero-order valence-corrected chi connectivity index (χ0v) is 12.6. The van der Waals surface area contributed by atoms with Crippen molar-refractivity contribution in [2.24, 2.45) is 0 Å². The van der Waals surface area contributed by atoms with Crippen LogP contribution in [0.3, 0.4) is 0 Å². The van der Waals surface area contributed by atoms with Crippen molar-refractivity contribution in [3.05, 3.63) is 52.3 Å². The Kier molecular flexibility index (Phi) is 4.94. The van der Waals surface area contributed by atoms with Crippen molar-refractivity contribution in [2.75, 3.05) is 14.2 Å².